The van der Waals surface area contributed by atoms with Crippen molar-refractivity contribution in [3.8, 4) is 0 Å². The highest BCUT2D eigenvalue weighted by atomic mass is 15.3. The monoisotopic (exact) mass is 606 g/mol. The van der Waals surface area contributed by atoms with E-state index in [2.05, 4.69) is 163 Å². The number of benzene rings is 6. The standard InChI is InChI=1S/C43H34N4/c1-43(2)35-17-9-8-16-33(35)38-41(43)46(3)39(30-19-18-27-14-10-22-44-36(27)24-30)42(45-38)47-37-25-29-13-5-4-12-28(29)23-34(37)32-21-20-26-11-6-7-15-31(26)40(32)47/h4-21,23-25,39,44H,22H2,1-3H3. The molecule has 0 amide bonds. The number of nitrogens with zero attached hydrogens (tertiary/aromatic N) is 3. The quantitative estimate of drug-likeness (QED) is 0.202. The first kappa shape index (κ1) is 26.6. The molecule has 3 heterocycles. The number of aromatic nitrogens is 1. The van der Waals surface area contributed by atoms with Crippen molar-refractivity contribution in [2.75, 3.05) is 18.9 Å². The lowest BCUT2D eigenvalue weighted by Gasteiger charge is -2.41. The molecule has 6 aromatic carbocycles. The van der Waals surface area contributed by atoms with Gasteiger partial charge in [0.05, 0.1) is 22.4 Å². The third-order valence-corrected chi connectivity index (χ3v) is 10.7. The van der Waals surface area contributed by atoms with E-state index in [0.29, 0.717) is 0 Å². The maximum Gasteiger partial charge on any atom is 0.141 e. The molecule has 47 heavy (non-hydrogen) atoms. The summed E-state index contributed by atoms with van der Waals surface area (Å²) >= 11 is 0. The number of fused-ring (bicyclic) bond motifs is 9. The van der Waals surface area contributed by atoms with Crippen molar-refractivity contribution in [1.29, 1.82) is 0 Å². The van der Waals surface area contributed by atoms with E-state index < -0.39 is 0 Å². The fourth-order valence-electron chi connectivity index (χ4n) is 8.63. The smallest absolute Gasteiger partial charge is 0.141 e. The minimum atomic E-state index is -0.188. The predicted octanol–water partition coefficient (Wildman–Crippen LogP) is 10.1. The van der Waals surface area contributed by atoms with Crippen molar-refractivity contribution in [3.05, 3.63) is 149 Å². The van der Waals surface area contributed by atoms with Gasteiger partial charge < -0.3 is 10.2 Å². The molecule has 0 radical (unpaired) electrons. The Morgan fingerprint density at radius 1 is 0.745 bits per heavy atom. The van der Waals surface area contributed by atoms with E-state index in [-0.39, 0.29) is 11.5 Å². The van der Waals surface area contributed by atoms with Crippen LogP contribution in [0.5, 0.6) is 0 Å². The largest absolute Gasteiger partial charge is 0.381 e. The molecule has 0 spiro atoms. The number of nitrogens with one attached hydrogen (secondary N) is 1. The van der Waals surface area contributed by atoms with Gasteiger partial charge in [-0.3, -0.25) is 4.57 Å². The van der Waals surface area contributed by atoms with Gasteiger partial charge in [0, 0.05) is 46.4 Å². The molecule has 0 saturated carbocycles. The van der Waals surface area contributed by atoms with Crippen LogP contribution in [0, 0.1) is 0 Å². The molecule has 1 N–H and O–H groups in total. The first-order valence-corrected chi connectivity index (χ1v) is 16.5. The maximum absolute atomic E-state index is 5.81. The lowest BCUT2D eigenvalue weighted by molar-refractivity contribution is 0.319. The zero-order valence-corrected chi connectivity index (χ0v) is 26.8. The van der Waals surface area contributed by atoms with Crippen LogP contribution in [0.1, 0.15) is 42.1 Å². The zero-order valence-electron chi connectivity index (χ0n) is 26.8. The molecule has 4 nitrogen and oxygen atoms in total. The van der Waals surface area contributed by atoms with Crippen LogP contribution < -0.4 is 5.32 Å². The molecule has 4 heteroatoms. The van der Waals surface area contributed by atoms with Crippen LogP contribution >= 0.6 is 0 Å². The summed E-state index contributed by atoms with van der Waals surface area (Å²) < 4.78 is 2.49. The van der Waals surface area contributed by atoms with Gasteiger partial charge in [0.1, 0.15) is 11.9 Å². The molecule has 0 fully saturated rings. The van der Waals surface area contributed by atoms with E-state index in [0.717, 1.165) is 18.1 Å². The number of rotatable bonds is 1. The van der Waals surface area contributed by atoms with Crippen LogP contribution in [0.3, 0.4) is 0 Å². The summed E-state index contributed by atoms with van der Waals surface area (Å²) in [5.74, 6) is 1.02. The number of aliphatic imine (C=N–C) groups is 1. The summed E-state index contributed by atoms with van der Waals surface area (Å²) in [6, 6.07) is 42.4. The normalized spacial score (nSPS) is 18.1. The second-order valence-electron chi connectivity index (χ2n) is 13.7. The highest BCUT2D eigenvalue weighted by molar-refractivity contribution is 6.24. The van der Waals surface area contributed by atoms with E-state index in [1.54, 1.807) is 0 Å². The number of likely N-dealkylation sites (N-methyl/N-ethyl adjacent to an activating group) is 1. The first-order valence-electron chi connectivity index (χ1n) is 16.5. The van der Waals surface area contributed by atoms with Crippen LogP contribution in [0.4, 0.5) is 5.69 Å². The molecule has 226 valence electrons. The average Bonchev–Trinajstić information content (AvgIpc) is 3.55. The third-order valence-electron chi connectivity index (χ3n) is 10.7. The third kappa shape index (κ3) is 3.61. The Balaban J connectivity index is 1.36. The predicted molar refractivity (Wildman–Crippen MR) is 198 cm³/mol. The fourth-order valence-corrected chi connectivity index (χ4v) is 8.63. The Hall–Kier alpha value is -5.61. The fraction of sp³-hybridized carbons (Fsp3) is 0.140. The lowest BCUT2D eigenvalue weighted by Crippen LogP contribution is -2.41. The van der Waals surface area contributed by atoms with Gasteiger partial charge in [0.15, 0.2) is 0 Å². The Bertz CT molecular complexity index is 2580. The van der Waals surface area contributed by atoms with Gasteiger partial charge in [0.25, 0.3) is 0 Å². The zero-order chi connectivity index (χ0) is 31.4. The molecule has 2 aliphatic heterocycles. The summed E-state index contributed by atoms with van der Waals surface area (Å²) in [6.07, 6.45) is 4.40. The molecular formula is C43H34N4. The van der Waals surface area contributed by atoms with Gasteiger partial charge in [-0.15, -0.1) is 0 Å². The number of hydrogen-bond acceptors (Lipinski definition) is 3. The Kier molecular flexibility index (Phi) is 5.35. The van der Waals surface area contributed by atoms with E-state index in [9.17, 15) is 0 Å². The van der Waals surface area contributed by atoms with Crippen molar-refractivity contribution in [2.45, 2.75) is 25.3 Å². The van der Waals surface area contributed by atoms with Crippen LogP contribution in [0.15, 0.2) is 132 Å². The average molecular weight is 607 g/mol. The molecule has 1 aliphatic carbocycles. The first-order chi connectivity index (χ1) is 23.0. The number of allylic oxidation sites excluding steroid dienone is 1. The molecule has 0 bridgehead atoms. The van der Waals surface area contributed by atoms with E-state index >= 15 is 0 Å². The van der Waals surface area contributed by atoms with Gasteiger partial charge in [-0.05, 0) is 51.0 Å². The summed E-state index contributed by atoms with van der Waals surface area (Å²) in [4.78, 5) is 8.33. The Morgan fingerprint density at radius 2 is 1.51 bits per heavy atom. The number of hydrogen-bond donors (Lipinski definition) is 1. The molecule has 10 rings (SSSR count). The number of anilines is 1. The molecule has 7 aromatic rings. The molecule has 3 aliphatic rings. The summed E-state index contributed by atoms with van der Waals surface area (Å²) in [7, 11) is 2.27. The van der Waals surface area contributed by atoms with Gasteiger partial charge in [-0.2, -0.15) is 0 Å². The van der Waals surface area contributed by atoms with Crippen LogP contribution in [-0.4, -0.2) is 28.9 Å². The van der Waals surface area contributed by atoms with Gasteiger partial charge in [-0.1, -0.05) is 123 Å². The van der Waals surface area contributed by atoms with Gasteiger partial charge in [-0.25, -0.2) is 4.99 Å². The highest BCUT2D eigenvalue weighted by Crippen LogP contribution is 2.53. The van der Waals surface area contributed by atoms with Crippen LogP contribution in [-0.2, 0) is 5.41 Å². The van der Waals surface area contributed by atoms with Crippen molar-refractivity contribution in [3.63, 3.8) is 0 Å². The van der Waals surface area contributed by atoms with Crippen molar-refractivity contribution in [2.24, 2.45) is 4.99 Å². The van der Waals surface area contributed by atoms with Crippen LogP contribution in [0.2, 0.25) is 0 Å². The van der Waals surface area contributed by atoms with Crippen molar-refractivity contribution < 1.29 is 0 Å². The maximum atomic E-state index is 5.81. The topological polar surface area (TPSA) is 32.6 Å². The van der Waals surface area contributed by atoms with E-state index in [4.69, 9.17) is 4.99 Å². The lowest BCUT2D eigenvalue weighted by atomic mass is 9.83. The summed E-state index contributed by atoms with van der Waals surface area (Å²) in [5, 5.41) is 11.1. The highest BCUT2D eigenvalue weighted by Gasteiger charge is 2.46. The van der Waals surface area contributed by atoms with Crippen LogP contribution in [0.25, 0.3) is 55.1 Å². The second-order valence-corrected chi connectivity index (χ2v) is 13.7. The molecular weight excluding hydrogens is 573 g/mol. The van der Waals surface area contributed by atoms with Gasteiger partial charge in [0.2, 0.25) is 0 Å². The Labute approximate surface area is 274 Å². The van der Waals surface area contributed by atoms with E-state index in [1.807, 2.05) is 0 Å². The summed E-state index contributed by atoms with van der Waals surface area (Å²) in [6.45, 7) is 5.53. The van der Waals surface area contributed by atoms with Crippen molar-refractivity contribution in [1.82, 2.24) is 9.47 Å². The minimum absolute atomic E-state index is 0.121. The molecule has 1 atom stereocenters. The van der Waals surface area contributed by atoms with Crippen molar-refractivity contribution >= 4 is 66.6 Å². The molecule has 1 unspecified atom stereocenters. The van der Waals surface area contributed by atoms with Gasteiger partial charge >= 0.3 is 0 Å². The SMILES string of the molecule is CN1C2=C(N=C(n3c4cc5ccccc5cc4c4ccc5ccccc5c43)C1c1ccc3c(c1)NCC=C3)c1ccccc1C2(C)C. The molecule has 1 aromatic heterocycles. The minimum Gasteiger partial charge on any atom is -0.381 e. The second kappa shape index (κ2) is 9.46. The molecule has 0 saturated heterocycles. The van der Waals surface area contributed by atoms with E-state index in [1.165, 1.54) is 77.0 Å². The summed E-state index contributed by atoms with van der Waals surface area (Å²) in [5.41, 5.74) is 10.7. The Morgan fingerprint density at radius 3 is 2.38 bits per heavy atom.